The van der Waals surface area contributed by atoms with Crippen LogP contribution in [0.4, 0.5) is 0 Å². The average Bonchev–Trinajstić information content (AvgIpc) is 2.79. The fraction of sp³-hybridized carbons (Fsp3) is 0.400. The third kappa shape index (κ3) is 3.77. The molecule has 0 amide bonds. The summed E-state index contributed by atoms with van der Waals surface area (Å²) >= 11 is 12.2. The van der Waals surface area contributed by atoms with Crippen molar-refractivity contribution in [2.24, 2.45) is 0 Å². The lowest BCUT2D eigenvalue weighted by molar-refractivity contribution is 0.205. The van der Waals surface area contributed by atoms with Crippen molar-refractivity contribution in [2.75, 3.05) is 20.6 Å². The zero-order chi connectivity index (χ0) is 15.6. The van der Waals surface area contributed by atoms with Crippen LogP contribution in [0.2, 0.25) is 10.0 Å². The zero-order valence-corrected chi connectivity index (χ0v) is 13.9. The molecule has 114 valence electrons. The zero-order valence-electron chi connectivity index (χ0n) is 12.3. The topological polar surface area (TPSA) is 41.3 Å². The van der Waals surface area contributed by atoms with E-state index in [1.54, 1.807) is 23.0 Å². The predicted octanol–water partition coefficient (Wildman–Crippen LogP) is 3.14. The van der Waals surface area contributed by atoms with Gasteiger partial charge in [-0.15, -0.1) is 0 Å². The molecule has 6 heteroatoms. The molecule has 1 unspecified atom stereocenters. The monoisotopic (exact) mass is 327 g/mol. The molecule has 0 aliphatic carbocycles. The predicted molar refractivity (Wildman–Crippen MR) is 86.0 cm³/mol. The van der Waals surface area contributed by atoms with Gasteiger partial charge in [0.1, 0.15) is 6.10 Å². The lowest BCUT2D eigenvalue weighted by atomic mass is 10.0. The lowest BCUT2D eigenvalue weighted by Gasteiger charge is -2.18. The van der Waals surface area contributed by atoms with Gasteiger partial charge in [0.2, 0.25) is 0 Å². The van der Waals surface area contributed by atoms with Crippen LogP contribution in [0, 0.1) is 6.92 Å². The number of likely N-dealkylation sites (N-methyl/N-ethyl adjacent to an activating group) is 1. The number of hydrogen-bond donors (Lipinski definition) is 1. The molecule has 1 N–H and O–H groups in total. The Morgan fingerprint density at radius 3 is 2.71 bits per heavy atom. The van der Waals surface area contributed by atoms with Crippen LogP contribution >= 0.6 is 23.2 Å². The Labute approximate surface area is 134 Å². The molecule has 1 aromatic carbocycles. The second-order valence-corrected chi connectivity index (χ2v) is 6.15. The van der Waals surface area contributed by atoms with Crippen LogP contribution in [-0.2, 0) is 6.54 Å². The van der Waals surface area contributed by atoms with Crippen LogP contribution in [0.15, 0.2) is 24.4 Å². The third-order valence-corrected chi connectivity index (χ3v) is 3.91. The lowest BCUT2D eigenvalue weighted by Crippen LogP contribution is -2.21. The molecule has 0 bridgehead atoms. The Bertz CT molecular complexity index is 625. The van der Waals surface area contributed by atoms with Gasteiger partial charge >= 0.3 is 0 Å². The van der Waals surface area contributed by atoms with Gasteiger partial charge < -0.3 is 10.0 Å². The fourth-order valence-electron chi connectivity index (χ4n) is 2.17. The number of aliphatic hydroxyl groups excluding tert-OH is 1. The molecule has 1 heterocycles. The van der Waals surface area contributed by atoms with Gasteiger partial charge in [-0.2, -0.15) is 5.10 Å². The highest BCUT2D eigenvalue weighted by atomic mass is 35.5. The number of hydrogen-bond acceptors (Lipinski definition) is 3. The van der Waals surface area contributed by atoms with Crippen molar-refractivity contribution in [1.82, 2.24) is 14.7 Å². The molecule has 0 radical (unpaired) electrons. The SMILES string of the molecule is Cc1ccc(Cl)cc1C(O)c1c(Cl)cnn1CCN(C)C. The number of aromatic nitrogens is 2. The summed E-state index contributed by atoms with van der Waals surface area (Å²) in [4.78, 5) is 2.05. The summed E-state index contributed by atoms with van der Waals surface area (Å²) in [6.45, 7) is 3.40. The first-order chi connectivity index (χ1) is 9.90. The van der Waals surface area contributed by atoms with Gasteiger partial charge in [-0.1, -0.05) is 29.3 Å². The van der Waals surface area contributed by atoms with E-state index >= 15 is 0 Å². The molecule has 1 aromatic heterocycles. The summed E-state index contributed by atoms with van der Waals surface area (Å²) in [6.07, 6.45) is 0.719. The van der Waals surface area contributed by atoms with E-state index < -0.39 is 6.10 Å². The summed E-state index contributed by atoms with van der Waals surface area (Å²) in [6, 6.07) is 5.45. The Morgan fingerprint density at radius 1 is 1.33 bits per heavy atom. The van der Waals surface area contributed by atoms with E-state index in [1.807, 2.05) is 27.1 Å². The second kappa shape index (κ2) is 6.79. The van der Waals surface area contributed by atoms with Gasteiger partial charge in [0, 0.05) is 11.6 Å². The van der Waals surface area contributed by atoms with E-state index in [4.69, 9.17) is 23.2 Å². The third-order valence-electron chi connectivity index (χ3n) is 3.39. The highest BCUT2D eigenvalue weighted by Gasteiger charge is 2.21. The summed E-state index contributed by atoms with van der Waals surface area (Å²) in [5.74, 6) is 0. The average molecular weight is 328 g/mol. The van der Waals surface area contributed by atoms with Crippen LogP contribution in [0.3, 0.4) is 0 Å². The van der Waals surface area contributed by atoms with Crippen molar-refractivity contribution in [1.29, 1.82) is 0 Å². The van der Waals surface area contributed by atoms with Crippen molar-refractivity contribution >= 4 is 23.2 Å². The van der Waals surface area contributed by atoms with Crippen molar-refractivity contribution < 1.29 is 5.11 Å². The minimum Gasteiger partial charge on any atom is -0.382 e. The molecule has 0 aliphatic heterocycles. The maximum absolute atomic E-state index is 10.7. The standard InChI is InChI=1S/C15H19Cl2N3O/c1-10-4-5-11(16)8-12(10)15(21)14-13(17)9-18-20(14)7-6-19(2)3/h4-5,8-9,15,21H,6-7H2,1-3H3. The van der Waals surface area contributed by atoms with E-state index in [2.05, 4.69) is 10.00 Å². The number of nitrogens with zero attached hydrogens (tertiary/aromatic N) is 3. The number of aryl methyl sites for hydroxylation is 1. The second-order valence-electron chi connectivity index (χ2n) is 5.31. The van der Waals surface area contributed by atoms with Gasteiger partial charge in [-0.25, -0.2) is 0 Å². The quantitative estimate of drug-likeness (QED) is 0.917. The Morgan fingerprint density at radius 2 is 2.05 bits per heavy atom. The molecule has 0 saturated heterocycles. The molecule has 2 aromatic rings. The summed E-state index contributed by atoms with van der Waals surface area (Å²) in [5.41, 5.74) is 2.31. The van der Waals surface area contributed by atoms with Crippen molar-refractivity contribution in [3.05, 3.63) is 51.3 Å². The maximum atomic E-state index is 10.7. The number of aliphatic hydroxyl groups is 1. The molecule has 0 saturated carbocycles. The first-order valence-electron chi connectivity index (χ1n) is 6.70. The smallest absolute Gasteiger partial charge is 0.122 e. The van der Waals surface area contributed by atoms with Gasteiger partial charge in [0.15, 0.2) is 0 Å². The molecule has 0 fully saturated rings. The van der Waals surface area contributed by atoms with Crippen LogP contribution in [0.1, 0.15) is 22.9 Å². The Balaban J connectivity index is 2.36. The molecule has 21 heavy (non-hydrogen) atoms. The fourth-order valence-corrected chi connectivity index (χ4v) is 2.59. The first kappa shape index (κ1) is 16.3. The van der Waals surface area contributed by atoms with Gasteiger partial charge in [-0.05, 0) is 44.3 Å². The van der Waals surface area contributed by atoms with Crippen LogP contribution in [-0.4, -0.2) is 40.4 Å². The minimum atomic E-state index is -0.846. The highest BCUT2D eigenvalue weighted by Crippen LogP contribution is 2.31. The molecule has 4 nitrogen and oxygen atoms in total. The summed E-state index contributed by atoms with van der Waals surface area (Å²) in [7, 11) is 3.98. The minimum absolute atomic E-state index is 0.459. The summed E-state index contributed by atoms with van der Waals surface area (Å²) in [5, 5.41) is 16.0. The number of rotatable bonds is 5. The van der Waals surface area contributed by atoms with Crippen molar-refractivity contribution in [3.63, 3.8) is 0 Å². The van der Waals surface area contributed by atoms with Gasteiger partial charge in [0.25, 0.3) is 0 Å². The number of halogens is 2. The molecule has 1 atom stereocenters. The molecular formula is C15H19Cl2N3O. The number of benzene rings is 1. The summed E-state index contributed by atoms with van der Waals surface area (Å²) < 4.78 is 1.74. The van der Waals surface area contributed by atoms with Gasteiger partial charge in [-0.3, -0.25) is 4.68 Å². The van der Waals surface area contributed by atoms with Crippen LogP contribution in [0.25, 0.3) is 0 Å². The highest BCUT2D eigenvalue weighted by molar-refractivity contribution is 6.31. The molecule has 2 rings (SSSR count). The van der Waals surface area contributed by atoms with Crippen molar-refractivity contribution in [3.8, 4) is 0 Å². The van der Waals surface area contributed by atoms with Crippen LogP contribution in [0.5, 0.6) is 0 Å². The van der Waals surface area contributed by atoms with E-state index in [-0.39, 0.29) is 0 Å². The van der Waals surface area contributed by atoms with E-state index in [1.165, 1.54) is 0 Å². The maximum Gasteiger partial charge on any atom is 0.122 e. The first-order valence-corrected chi connectivity index (χ1v) is 7.45. The van der Waals surface area contributed by atoms with Crippen molar-refractivity contribution in [2.45, 2.75) is 19.6 Å². The molecular weight excluding hydrogens is 309 g/mol. The Hall–Kier alpha value is -1.07. The van der Waals surface area contributed by atoms with Gasteiger partial charge in [0.05, 0.1) is 23.5 Å². The van der Waals surface area contributed by atoms with E-state index in [0.717, 1.165) is 17.7 Å². The van der Waals surface area contributed by atoms with Crippen LogP contribution < -0.4 is 0 Å². The molecule has 0 spiro atoms. The molecule has 0 aliphatic rings. The Kier molecular flexibility index (Phi) is 5.27. The van der Waals surface area contributed by atoms with E-state index in [0.29, 0.717) is 22.3 Å². The largest absolute Gasteiger partial charge is 0.382 e. The normalized spacial score (nSPS) is 12.9. The van der Waals surface area contributed by atoms with E-state index in [9.17, 15) is 5.11 Å².